The second-order valence-corrected chi connectivity index (χ2v) is 4.49. The minimum Gasteiger partial charge on any atom is -0.410 e. The van der Waals surface area contributed by atoms with Gasteiger partial charge in [0.15, 0.2) is 0 Å². The topological polar surface area (TPSA) is 35.8 Å². The molecular weight excluding hydrogens is 224 g/mol. The Kier molecular flexibility index (Phi) is 2.73. The smallest absolute Gasteiger partial charge is 0.131 e. The molecule has 3 nitrogen and oxygen atoms in total. The Labute approximate surface area is 106 Å². The summed E-state index contributed by atoms with van der Waals surface area (Å²) in [6.45, 7) is 1.62. The lowest BCUT2D eigenvalue weighted by Crippen LogP contribution is -2.13. The fraction of sp³-hybridized carbons (Fsp3) is 0.133. The van der Waals surface area contributed by atoms with Gasteiger partial charge >= 0.3 is 0 Å². The molecular formula is C15H14N2O. The van der Waals surface area contributed by atoms with Crippen molar-refractivity contribution in [2.75, 3.05) is 0 Å². The summed E-state index contributed by atoms with van der Waals surface area (Å²) in [7, 11) is 0. The first-order chi connectivity index (χ1) is 8.86. The van der Waals surface area contributed by atoms with Crippen molar-refractivity contribution in [1.29, 1.82) is 0 Å². The van der Waals surface area contributed by atoms with Gasteiger partial charge in [-0.1, -0.05) is 47.6 Å². The maximum atomic E-state index is 8.57. The molecule has 1 aliphatic rings. The van der Waals surface area contributed by atoms with Crippen LogP contribution in [0.2, 0.25) is 0 Å². The third-order valence-corrected chi connectivity index (χ3v) is 3.28. The fourth-order valence-electron chi connectivity index (χ4n) is 2.39. The molecule has 3 rings (SSSR count). The van der Waals surface area contributed by atoms with Crippen LogP contribution in [0.4, 0.5) is 0 Å². The van der Waals surface area contributed by atoms with Gasteiger partial charge in [0.2, 0.25) is 0 Å². The highest BCUT2D eigenvalue weighted by Crippen LogP contribution is 2.27. The predicted octanol–water partition coefficient (Wildman–Crippen LogP) is 3.09. The molecule has 18 heavy (non-hydrogen) atoms. The van der Waals surface area contributed by atoms with E-state index in [-0.39, 0.29) is 0 Å². The molecule has 3 heteroatoms. The van der Waals surface area contributed by atoms with Crippen LogP contribution in [0, 0.1) is 0 Å². The Morgan fingerprint density at radius 1 is 0.944 bits per heavy atom. The van der Waals surface area contributed by atoms with E-state index in [0.29, 0.717) is 0 Å². The zero-order valence-electron chi connectivity index (χ0n) is 9.95. The molecule has 0 saturated heterocycles. The zero-order chi connectivity index (χ0) is 12.4. The summed E-state index contributed by atoms with van der Waals surface area (Å²) < 4.78 is 0. The van der Waals surface area contributed by atoms with Gasteiger partial charge in [-0.3, -0.25) is 0 Å². The Morgan fingerprint density at radius 2 is 1.72 bits per heavy atom. The van der Waals surface area contributed by atoms with Gasteiger partial charge in [0.05, 0.1) is 0 Å². The summed E-state index contributed by atoms with van der Waals surface area (Å²) >= 11 is 0. The molecule has 1 heterocycles. The lowest BCUT2D eigenvalue weighted by atomic mass is 10.0. The highest BCUT2D eigenvalue weighted by molar-refractivity contribution is 5.66. The van der Waals surface area contributed by atoms with Gasteiger partial charge in [-0.2, -0.15) is 0 Å². The van der Waals surface area contributed by atoms with Crippen molar-refractivity contribution in [3.8, 4) is 11.1 Å². The summed E-state index contributed by atoms with van der Waals surface area (Å²) in [5, 5.41) is 11.6. The molecule has 0 saturated carbocycles. The van der Waals surface area contributed by atoms with Crippen molar-refractivity contribution < 1.29 is 5.21 Å². The number of oxime groups is 1. The number of hydrogen-bond acceptors (Lipinski definition) is 2. The van der Waals surface area contributed by atoms with Gasteiger partial charge in [0, 0.05) is 13.1 Å². The van der Waals surface area contributed by atoms with Crippen LogP contribution in [0.25, 0.3) is 11.1 Å². The number of fused-ring (bicyclic) bond motifs is 1. The fourth-order valence-corrected chi connectivity index (χ4v) is 2.39. The van der Waals surface area contributed by atoms with E-state index in [0.717, 1.165) is 13.1 Å². The van der Waals surface area contributed by atoms with E-state index in [2.05, 4.69) is 35.5 Å². The summed E-state index contributed by atoms with van der Waals surface area (Å²) in [4.78, 5) is 1.99. The molecule has 0 fully saturated rings. The molecule has 2 aromatic carbocycles. The van der Waals surface area contributed by atoms with E-state index in [4.69, 9.17) is 5.21 Å². The monoisotopic (exact) mass is 238 g/mol. The number of rotatable bonds is 2. The number of benzene rings is 2. The predicted molar refractivity (Wildman–Crippen MR) is 71.4 cm³/mol. The Hall–Kier alpha value is -2.29. The third kappa shape index (κ3) is 1.95. The first-order valence-corrected chi connectivity index (χ1v) is 5.95. The number of hydrogen-bond donors (Lipinski definition) is 1. The van der Waals surface area contributed by atoms with Gasteiger partial charge in [-0.25, -0.2) is 0 Å². The van der Waals surface area contributed by atoms with Crippen molar-refractivity contribution in [2.45, 2.75) is 13.1 Å². The minimum absolute atomic E-state index is 0.806. The van der Waals surface area contributed by atoms with Gasteiger partial charge in [-0.05, 0) is 28.3 Å². The summed E-state index contributed by atoms with van der Waals surface area (Å²) in [6, 6.07) is 16.9. The average Bonchev–Trinajstić information content (AvgIpc) is 2.81. The number of nitrogens with zero attached hydrogens (tertiary/aromatic N) is 2. The van der Waals surface area contributed by atoms with Gasteiger partial charge in [0.25, 0.3) is 0 Å². The van der Waals surface area contributed by atoms with Crippen LogP contribution in [0.15, 0.2) is 53.7 Å². The molecule has 0 amide bonds. The first kappa shape index (κ1) is 10.8. The van der Waals surface area contributed by atoms with Crippen LogP contribution < -0.4 is 0 Å². The van der Waals surface area contributed by atoms with Crippen molar-refractivity contribution in [1.82, 2.24) is 4.90 Å². The Balaban J connectivity index is 1.93. The minimum atomic E-state index is 0.806. The van der Waals surface area contributed by atoms with E-state index in [1.807, 2.05) is 23.1 Å². The van der Waals surface area contributed by atoms with E-state index in [9.17, 15) is 0 Å². The van der Waals surface area contributed by atoms with Gasteiger partial charge in [-0.15, -0.1) is 0 Å². The van der Waals surface area contributed by atoms with Gasteiger partial charge < -0.3 is 10.1 Å². The largest absolute Gasteiger partial charge is 0.410 e. The normalized spacial score (nSPS) is 14.1. The standard InChI is InChI=1S/C15H14N2O/c18-16-11-17-9-14-7-6-13(8-15(14)10-17)12-4-2-1-3-5-12/h1-8,11,18H,9-10H2/b16-11-. The van der Waals surface area contributed by atoms with E-state index in [1.165, 1.54) is 28.6 Å². The van der Waals surface area contributed by atoms with E-state index in [1.54, 1.807) is 0 Å². The highest BCUT2D eigenvalue weighted by atomic mass is 16.4. The SMILES string of the molecule is O/N=C\N1Cc2ccc(-c3ccccc3)cc2C1. The van der Waals surface area contributed by atoms with Crippen molar-refractivity contribution in [3.63, 3.8) is 0 Å². The molecule has 0 radical (unpaired) electrons. The summed E-state index contributed by atoms with van der Waals surface area (Å²) in [6.07, 6.45) is 1.47. The van der Waals surface area contributed by atoms with Crippen molar-refractivity contribution in [2.24, 2.45) is 5.16 Å². The molecule has 90 valence electrons. The second-order valence-electron chi connectivity index (χ2n) is 4.49. The Bertz CT molecular complexity index is 578. The van der Waals surface area contributed by atoms with Gasteiger partial charge in [0.1, 0.15) is 6.34 Å². The highest BCUT2D eigenvalue weighted by Gasteiger charge is 2.17. The first-order valence-electron chi connectivity index (χ1n) is 5.95. The molecule has 0 aromatic heterocycles. The van der Waals surface area contributed by atoms with Crippen LogP contribution >= 0.6 is 0 Å². The quantitative estimate of drug-likeness (QED) is 0.378. The van der Waals surface area contributed by atoms with E-state index < -0.39 is 0 Å². The molecule has 0 unspecified atom stereocenters. The van der Waals surface area contributed by atoms with E-state index >= 15 is 0 Å². The van der Waals surface area contributed by atoms with Crippen molar-refractivity contribution >= 4 is 6.34 Å². The van der Waals surface area contributed by atoms with Crippen LogP contribution in [0.1, 0.15) is 11.1 Å². The van der Waals surface area contributed by atoms with Crippen molar-refractivity contribution in [3.05, 3.63) is 59.7 Å². The lowest BCUT2D eigenvalue weighted by molar-refractivity contribution is 0.307. The lowest BCUT2D eigenvalue weighted by Gasteiger charge is -2.07. The van der Waals surface area contributed by atoms with Crippen LogP contribution in [0.3, 0.4) is 0 Å². The average molecular weight is 238 g/mol. The summed E-state index contributed by atoms with van der Waals surface area (Å²) in [5.74, 6) is 0. The molecule has 1 aliphatic heterocycles. The molecule has 0 spiro atoms. The third-order valence-electron chi connectivity index (χ3n) is 3.28. The van der Waals surface area contributed by atoms with Crippen LogP contribution in [0.5, 0.6) is 0 Å². The molecule has 0 atom stereocenters. The summed E-state index contributed by atoms with van der Waals surface area (Å²) in [5.41, 5.74) is 5.07. The molecule has 0 bridgehead atoms. The Morgan fingerprint density at radius 3 is 2.50 bits per heavy atom. The molecule has 2 aromatic rings. The second kappa shape index (κ2) is 4.53. The molecule has 1 N–H and O–H groups in total. The van der Waals surface area contributed by atoms with Crippen LogP contribution in [-0.4, -0.2) is 16.4 Å². The van der Waals surface area contributed by atoms with Crippen LogP contribution in [-0.2, 0) is 13.1 Å². The molecule has 0 aliphatic carbocycles. The zero-order valence-corrected chi connectivity index (χ0v) is 9.95. The maximum absolute atomic E-state index is 8.57. The maximum Gasteiger partial charge on any atom is 0.131 e.